The second kappa shape index (κ2) is 8.58. The van der Waals surface area contributed by atoms with E-state index in [2.05, 4.69) is 27.8 Å². The van der Waals surface area contributed by atoms with E-state index in [1.165, 1.54) is 12.8 Å². The van der Waals surface area contributed by atoms with E-state index in [4.69, 9.17) is 12.2 Å². The van der Waals surface area contributed by atoms with Crippen LogP contribution in [0.1, 0.15) is 38.8 Å². The Labute approximate surface area is 114 Å². The summed E-state index contributed by atoms with van der Waals surface area (Å²) < 4.78 is 0. The number of nitrogens with zero attached hydrogens (tertiary/aromatic N) is 2. The Bertz CT molecular complexity index is 389. The van der Waals surface area contributed by atoms with E-state index in [0.717, 1.165) is 24.4 Å². The van der Waals surface area contributed by atoms with E-state index in [1.807, 2.05) is 25.1 Å². The van der Waals surface area contributed by atoms with Crippen LogP contribution >= 0.6 is 12.2 Å². The fourth-order valence-corrected chi connectivity index (χ4v) is 1.53. The van der Waals surface area contributed by atoms with Crippen molar-refractivity contribution in [2.24, 2.45) is 5.10 Å². The van der Waals surface area contributed by atoms with Gasteiger partial charge in [-0.3, -0.25) is 10.4 Å². The Morgan fingerprint density at radius 2 is 2.22 bits per heavy atom. The fraction of sp³-hybridized carbons (Fsp3) is 0.462. The van der Waals surface area contributed by atoms with Crippen LogP contribution < -0.4 is 10.7 Å². The van der Waals surface area contributed by atoms with Gasteiger partial charge in [0, 0.05) is 12.7 Å². The molecule has 0 saturated heterocycles. The first kappa shape index (κ1) is 14.6. The summed E-state index contributed by atoms with van der Waals surface area (Å²) in [4.78, 5) is 4.21. The van der Waals surface area contributed by atoms with Gasteiger partial charge in [0.15, 0.2) is 5.11 Å². The predicted molar refractivity (Wildman–Crippen MR) is 79.7 cm³/mol. The smallest absolute Gasteiger partial charge is 0.186 e. The molecule has 0 amide bonds. The maximum atomic E-state index is 5.12. The number of hydrogen-bond donors (Lipinski definition) is 2. The number of aromatic nitrogens is 1. The summed E-state index contributed by atoms with van der Waals surface area (Å²) in [7, 11) is 0. The molecule has 0 saturated carbocycles. The van der Waals surface area contributed by atoms with Gasteiger partial charge in [-0.15, -0.1) is 0 Å². The molecule has 0 aliphatic heterocycles. The largest absolute Gasteiger partial charge is 0.361 e. The predicted octanol–water partition coefficient (Wildman–Crippen LogP) is 2.46. The van der Waals surface area contributed by atoms with E-state index >= 15 is 0 Å². The molecule has 0 atom stereocenters. The number of hydrogen-bond acceptors (Lipinski definition) is 3. The standard InChI is InChI=1S/C13H20N4S/c1-3-4-6-10-15-13(18)17-16-11(2)12-8-5-7-9-14-12/h5,7-9H,3-4,6,10H2,1-2H3,(H2,15,17,18). The normalized spacial score (nSPS) is 11.1. The topological polar surface area (TPSA) is 49.3 Å². The zero-order chi connectivity index (χ0) is 13.2. The zero-order valence-electron chi connectivity index (χ0n) is 10.9. The molecule has 2 N–H and O–H groups in total. The van der Waals surface area contributed by atoms with Crippen LogP contribution in [0.3, 0.4) is 0 Å². The fourth-order valence-electron chi connectivity index (χ4n) is 1.39. The van der Waals surface area contributed by atoms with Gasteiger partial charge < -0.3 is 5.32 Å². The molecule has 0 unspecified atom stereocenters. The third-order valence-corrected chi connectivity index (χ3v) is 2.66. The van der Waals surface area contributed by atoms with Crippen LogP contribution in [0, 0.1) is 0 Å². The molecular formula is C13H20N4S. The van der Waals surface area contributed by atoms with Gasteiger partial charge in [-0.25, -0.2) is 0 Å². The lowest BCUT2D eigenvalue weighted by Crippen LogP contribution is -2.33. The average Bonchev–Trinajstić information content (AvgIpc) is 2.42. The van der Waals surface area contributed by atoms with Gasteiger partial charge in [0.1, 0.15) is 0 Å². The number of nitrogens with one attached hydrogen (secondary N) is 2. The van der Waals surface area contributed by atoms with Crippen molar-refractivity contribution in [2.45, 2.75) is 33.1 Å². The number of rotatable bonds is 6. The first-order valence-electron chi connectivity index (χ1n) is 6.23. The molecule has 0 bridgehead atoms. The van der Waals surface area contributed by atoms with E-state index in [9.17, 15) is 0 Å². The van der Waals surface area contributed by atoms with Crippen molar-refractivity contribution in [1.29, 1.82) is 0 Å². The highest BCUT2D eigenvalue weighted by molar-refractivity contribution is 7.80. The molecule has 98 valence electrons. The molecular weight excluding hydrogens is 244 g/mol. The summed E-state index contributed by atoms with van der Waals surface area (Å²) in [6, 6.07) is 5.73. The number of pyridine rings is 1. The highest BCUT2D eigenvalue weighted by Crippen LogP contribution is 1.95. The maximum absolute atomic E-state index is 5.12. The summed E-state index contributed by atoms with van der Waals surface area (Å²) in [5.41, 5.74) is 4.49. The van der Waals surface area contributed by atoms with Crippen LogP contribution in [0.15, 0.2) is 29.5 Å². The van der Waals surface area contributed by atoms with Gasteiger partial charge in [0.2, 0.25) is 0 Å². The maximum Gasteiger partial charge on any atom is 0.186 e. The van der Waals surface area contributed by atoms with Crippen LogP contribution in [0.25, 0.3) is 0 Å². The van der Waals surface area contributed by atoms with Crippen molar-refractivity contribution >= 4 is 23.0 Å². The lowest BCUT2D eigenvalue weighted by molar-refractivity contribution is 0.691. The number of thiocarbonyl (C=S) groups is 1. The van der Waals surface area contributed by atoms with E-state index in [0.29, 0.717) is 5.11 Å². The Kier molecular flexibility index (Phi) is 6.94. The van der Waals surface area contributed by atoms with Gasteiger partial charge in [0.25, 0.3) is 0 Å². The van der Waals surface area contributed by atoms with Gasteiger partial charge >= 0.3 is 0 Å². The second-order valence-corrected chi connectivity index (χ2v) is 4.40. The summed E-state index contributed by atoms with van der Waals surface area (Å²) in [5.74, 6) is 0. The van der Waals surface area contributed by atoms with Crippen LogP contribution in [-0.4, -0.2) is 22.4 Å². The minimum atomic E-state index is 0.557. The molecule has 18 heavy (non-hydrogen) atoms. The Balaban J connectivity index is 2.32. The second-order valence-electron chi connectivity index (χ2n) is 3.99. The molecule has 1 heterocycles. The highest BCUT2D eigenvalue weighted by Gasteiger charge is 1.98. The Morgan fingerprint density at radius 1 is 1.39 bits per heavy atom. The van der Waals surface area contributed by atoms with Crippen molar-refractivity contribution in [3.05, 3.63) is 30.1 Å². The summed E-state index contributed by atoms with van der Waals surface area (Å²) in [6.07, 6.45) is 5.29. The molecule has 5 heteroatoms. The van der Waals surface area contributed by atoms with Crippen molar-refractivity contribution in [2.75, 3.05) is 6.54 Å². The summed E-state index contributed by atoms with van der Waals surface area (Å²) in [5, 5.41) is 7.87. The Morgan fingerprint density at radius 3 is 2.89 bits per heavy atom. The van der Waals surface area contributed by atoms with Crippen LogP contribution in [0.5, 0.6) is 0 Å². The SMILES string of the molecule is CCCCCNC(=S)NN=C(C)c1ccccn1. The van der Waals surface area contributed by atoms with Gasteiger partial charge in [-0.05, 0) is 37.7 Å². The van der Waals surface area contributed by atoms with Crippen molar-refractivity contribution in [3.63, 3.8) is 0 Å². The molecule has 0 aromatic carbocycles. The lowest BCUT2D eigenvalue weighted by Gasteiger charge is -2.07. The molecule has 1 rings (SSSR count). The van der Waals surface area contributed by atoms with Crippen LogP contribution in [-0.2, 0) is 0 Å². The summed E-state index contributed by atoms with van der Waals surface area (Å²) in [6.45, 7) is 4.96. The van der Waals surface area contributed by atoms with E-state index < -0.39 is 0 Å². The van der Waals surface area contributed by atoms with Crippen molar-refractivity contribution in [1.82, 2.24) is 15.7 Å². The summed E-state index contributed by atoms with van der Waals surface area (Å²) >= 11 is 5.12. The molecule has 0 aliphatic rings. The van der Waals surface area contributed by atoms with Gasteiger partial charge in [-0.2, -0.15) is 5.10 Å². The van der Waals surface area contributed by atoms with E-state index in [-0.39, 0.29) is 0 Å². The van der Waals surface area contributed by atoms with Crippen LogP contribution in [0.2, 0.25) is 0 Å². The monoisotopic (exact) mass is 264 g/mol. The first-order chi connectivity index (χ1) is 8.74. The molecule has 4 nitrogen and oxygen atoms in total. The molecule has 0 aliphatic carbocycles. The van der Waals surface area contributed by atoms with Crippen molar-refractivity contribution < 1.29 is 0 Å². The molecule has 1 aromatic rings. The van der Waals surface area contributed by atoms with E-state index in [1.54, 1.807) is 6.20 Å². The molecule has 0 spiro atoms. The van der Waals surface area contributed by atoms with Crippen LogP contribution in [0.4, 0.5) is 0 Å². The van der Waals surface area contributed by atoms with Gasteiger partial charge in [0.05, 0.1) is 11.4 Å². The minimum Gasteiger partial charge on any atom is -0.361 e. The zero-order valence-corrected chi connectivity index (χ0v) is 11.8. The first-order valence-corrected chi connectivity index (χ1v) is 6.64. The number of unbranched alkanes of at least 4 members (excludes halogenated alkanes) is 2. The third-order valence-electron chi connectivity index (χ3n) is 2.43. The molecule has 1 aromatic heterocycles. The number of hydrazone groups is 1. The molecule has 0 fully saturated rings. The average molecular weight is 264 g/mol. The lowest BCUT2D eigenvalue weighted by atomic mass is 10.2. The highest BCUT2D eigenvalue weighted by atomic mass is 32.1. The van der Waals surface area contributed by atoms with Gasteiger partial charge in [-0.1, -0.05) is 25.8 Å². The minimum absolute atomic E-state index is 0.557. The quantitative estimate of drug-likeness (QED) is 0.359. The third kappa shape index (κ3) is 5.72. The molecule has 0 radical (unpaired) electrons. The van der Waals surface area contributed by atoms with Crippen molar-refractivity contribution in [3.8, 4) is 0 Å². The Hall–Kier alpha value is -1.49.